The molecule has 0 amide bonds. The number of carboxylic acid groups (broad SMARTS) is 1. The summed E-state index contributed by atoms with van der Waals surface area (Å²) in [7, 11) is -7.82. The van der Waals surface area contributed by atoms with E-state index in [4.69, 9.17) is 5.11 Å². The standard InChI is InChI=1S/C14H19NO6S2/c1-5-6-11(14(16)17)15-23(20,21)13-8-9(2)7-12(10(13)3)22(4,18)19/h5,7-8,11,15H,1,6H2,2-4H3,(H,16,17). The molecule has 2 N–H and O–H groups in total. The van der Waals surface area contributed by atoms with Crippen LogP contribution < -0.4 is 4.72 Å². The van der Waals surface area contributed by atoms with Crippen LogP contribution in [0.3, 0.4) is 0 Å². The highest BCUT2D eigenvalue weighted by atomic mass is 32.2. The molecule has 0 aromatic heterocycles. The van der Waals surface area contributed by atoms with E-state index in [2.05, 4.69) is 11.3 Å². The fraction of sp³-hybridized carbons (Fsp3) is 0.357. The lowest BCUT2D eigenvalue weighted by atomic mass is 10.2. The number of carboxylic acids is 1. The zero-order valence-electron chi connectivity index (χ0n) is 13.0. The van der Waals surface area contributed by atoms with Gasteiger partial charge in [-0.2, -0.15) is 4.72 Å². The van der Waals surface area contributed by atoms with E-state index < -0.39 is 31.9 Å². The van der Waals surface area contributed by atoms with E-state index in [-0.39, 0.29) is 21.8 Å². The Kier molecular flexibility index (Phi) is 5.73. The Labute approximate surface area is 136 Å². The largest absolute Gasteiger partial charge is 0.480 e. The summed E-state index contributed by atoms with van der Waals surface area (Å²) >= 11 is 0. The third kappa shape index (κ3) is 4.63. The maximum absolute atomic E-state index is 12.5. The monoisotopic (exact) mass is 361 g/mol. The van der Waals surface area contributed by atoms with E-state index >= 15 is 0 Å². The van der Waals surface area contributed by atoms with Crippen LogP contribution in [-0.4, -0.2) is 40.2 Å². The van der Waals surface area contributed by atoms with Crippen molar-refractivity contribution in [3.63, 3.8) is 0 Å². The van der Waals surface area contributed by atoms with Gasteiger partial charge in [-0.3, -0.25) is 4.79 Å². The summed E-state index contributed by atoms with van der Waals surface area (Å²) < 4.78 is 50.6. The molecule has 0 aliphatic heterocycles. The lowest BCUT2D eigenvalue weighted by Gasteiger charge is -2.16. The molecule has 23 heavy (non-hydrogen) atoms. The van der Waals surface area contributed by atoms with Crippen molar-refractivity contribution >= 4 is 25.8 Å². The topological polar surface area (TPSA) is 118 Å². The summed E-state index contributed by atoms with van der Waals surface area (Å²) in [5.41, 5.74) is 0.486. The molecule has 128 valence electrons. The molecule has 0 radical (unpaired) electrons. The molecule has 0 spiro atoms. The Morgan fingerprint density at radius 3 is 2.22 bits per heavy atom. The van der Waals surface area contributed by atoms with Crippen molar-refractivity contribution in [2.75, 3.05) is 6.26 Å². The smallest absolute Gasteiger partial charge is 0.322 e. The van der Waals surface area contributed by atoms with E-state index in [1.165, 1.54) is 25.1 Å². The van der Waals surface area contributed by atoms with Gasteiger partial charge >= 0.3 is 5.97 Å². The van der Waals surface area contributed by atoms with Gasteiger partial charge < -0.3 is 5.11 Å². The fourth-order valence-corrected chi connectivity index (χ4v) is 4.76. The quantitative estimate of drug-likeness (QED) is 0.700. The van der Waals surface area contributed by atoms with E-state index in [0.717, 1.165) is 6.26 Å². The highest BCUT2D eigenvalue weighted by molar-refractivity contribution is 7.91. The highest BCUT2D eigenvalue weighted by Gasteiger charge is 2.28. The van der Waals surface area contributed by atoms with Crippen LogP contribution in [-0.2, 0) is 24.7 Å². The van der Waals surface area contributed by atoms with Gasteiger partial charge in [-0.1, -0.05) is 6.08 Å². The van der Waals surface area contributed by atoms with Crippen LogP contribution in [0.15, 0.2) is 34.6 Å². The number of aryl methyl sites for hydroxylation is 1. The van der Waals surface area contributed by atoms with Crippen molar-refractivity contribution in [2.45, 2.75) is 36.1 Å². The zero-order valence-corrected chi connectivity index (χ0v) is 14.7. The first-order chi connectivity index (χ1) is 10.4. The summed E-state index contributed by atoms with van der Waals surface area (Å²) in [5.74, 6) is -1.35. The van der Waals surface area contributed by atoms with Crippen LogP contribution >= 0.6 is 0 Å². The van der Waals surface area contributed by atoms with E-state index in [0.29, 0.717) is 5.56 Å². The first kappa shape index (κ1) is 19.3. The van der Waals surface area contributed by atoms with Crippen molar-refractivity contribution < 1.29 is 26.7 Å². The number of nitrogens with one attached hydrogen (secondary N) is 1. The van der Waals surface area contributed by atoms with Crippen LogP contribution in [0.1, 0.15) is 17.5 Å². The number of hydrogen-bond acceptors (Lipinski definition) is 5. The number of carbonyl (C=O) groups is 1. The van der Waals surface area contributed by atoms with Gasteiger partial charge in [-0.15, -0.1) is 6.58 Å². The third-order valence-electron chi connectivity index (χ3n) is 3.14. The Morgan fingerprint density at radius 1 is 1.26 bits per heavy atom. The minimum atomic E-state index is -4.21. The van der Waals surface area contributed by atoms with Crippen molar-refractivity contribution in [2.24, 2.45) is 0 Å². The first-order valence-corrected chi connectivity index (χ1v) is 9.95. The highest BCUT2D eigenvalue weighted by Crippen LogP contribution is 2.25. The average Bonchev–Trinajstić information content (AvgIpc) is 2.38. The molecule has 7 nitrogen and oxygen atoms in total. The van der Waals surface area contributed by atoms with Crippen molar-refractivity contribution in [3.05, 3.63) is 35.9 Å². The molecule has 0 aliphatic carbocycles. The van der Waals surface area contributed by atoms with Gasteiger partial charge in [0.05, 0.1) is 9.79 Å². The first-order valence-electron chi connectivity index (χ1n) is 6.57. The molecule has 0 saturated heterocycles. The zero-order chi connectivity index (χ0) is 18.0. The maximum Gasteiger partial charge on any atom is 0.322 e. The lowest BCUT2D eigenvalue weighted by Crippen LogP contribution is -2.40. The molecule has 1 unspecified atom stereocenters. The summed E-state index contributed by atoms with van der Waals surface area (Å²) in [4.78, 5) is 10.7. The molecule has 0 bridgehead atoms. The van der Waals surface area contributed by atoms with Crippen molar-refractivity contribution in [1.82, 2.24) is 4.72 Å². The Balaban J connectivity index is 3.48. The molecule has 1 aromatic rings. The van der Waals surface area contributed by atoms with E-state index in [9.17, 15) is 21.6 Å². The number of benzene rings is 1. The van der Waals surface area contributed by atoms with Gasteiger partial charge in [0, 0.05) is 6.26 Å². The Hall–Kier alpha value is -1.71. The minimum absolute atomic E-state index is 0.0494. The van der Waals surface area contributed by atoms with E-state index in [1.807, 2.05) is 0 Å². The number of sulfonamides is 1. The molecule has 1 rings (SSSR count). The van der Waals surface area contributed by atoms with Gasteiger partial charge in [-0.05, 0) is 43.5 Å². The predicted molar refractivity (Wildman–Crippen MR) is 85.6 cm³/mol. The second-order valence-corrected chi connectivity index (χ2v) is 8.86. The van der Waals surface area contributed by atoms with Crippen LogP contribution in [0, 0.1) is 13.8 Å². The molecule has 9 heteroatoms. The third-order valence-corrected chi connectivity index (χ3v) is 5.96. The maximum atomic E-state index is 12.5. The second-order valence-electron chi connectivity index (χ2n) is 5.19. The van der Waals surface area contributed by atoms with Crippen LogP contribution in [0.2, 0.25) is 0 Å². The number of aliphatic carboxylic acids is 1. The van der Waals surface area contributed by atoms with Crippen molar-refractivity contribution in [3.8, 4) is 0 Å². The number of hydrogen-bond donors (Lipinski definition) is 2. The predicted octanol–water partition coefficient (Wildman–Crippen LogP) is 1.01. The molecular formula is C14H19NO6S2. The van der Waals surface area contributed by atoms with Crippen molar-refractivity contribution in [1.29, 1.82) is 0 Å². The molecule has 0 fully saturated rings. The molecule has 0 aliphatic rings. The number of sulfone groups is 1. The fourth-order valence-electron chi connectivity index (χ4n) is 2.07. The summed E-state index contributed by atoms with van der Waals surface area (Å²) in [5, 5.41) is 9.05. The normalized spacial score (nSPS) is 13.5. The lowest BCUT2D eigenvalue weighted by molar-refractivity contribution is -0.138. The summed E-state index contributed by atoms with van der Waals surface area (Å²) in [6, 6.07) is 1.31. The van der Waals surface area contributed by atoms with Gasteiger partial charge in [0.1, 0.15) is 6.04 Å². The van der Waals surface area contributed by atoms with Gasteiger partial charge in [0.15, 0.2) is 9.84 Å². The summed E-state index contributed by atoms with van der Waals surface area (Å²) in [6.45, 7) is 6.32. The Bertz CT molecular complexity index is 840. The second kappa shape index (κ2) is 6.81. The van der Waals surface area contributed by atoms with Crippen LogP contribution in [0.25, 0.3) is 0 Å². The molecular weight excluding hydrogens is 342 g/mol. The Morgan fingerprint density at radius 2 is 1.78 bits per heavy atom. The van der Waals surface area contributed by atoms with Gasteiger partial charge in [0.2, 0.25) is 10.0 Å². The van der Waals surface area contributed by atoms with E-state index in [1.54, 1.807) is 6.92 Å². The average molecular weight is 361 g/mol. The van der Waals surface area contributed by atoms with Gasteiger partial charge in [0.25, 0.3) is 0 Å². The number of rotatable bonds is 7. The minimum Gasteiger partial charge on any atom is -0.480 e. The summed E-state index contributed by atoms with van der Waals surface area (Å²) in [6.07, 6.45) is 2.17. The SMILES string of the molecule is C=CCC(NS(=O)(=O)c1cc(C)cc(S(C)(=O)=O)c1C)C(=O)O. The molecule has 1 atom stereocenters. The van der Waals surface area contributed by atoms with Crippen LogP contribution in [0.5, 0.6) is 0 Å². The molecule has 1 aromatic carbocycles. The van der Waals surface area contributed by atoms with Crippen LogP contribution in [0.4, 0.5) is 0 Å². The van der Waals surface area contributed by atoms with Gasteiger partial charge in [-0.25, -0.2) is 16.8 Å². The molecule has 0 heterocycles. The molecule has 0 saturated carbocycles.